The average Bonchev–Trinajstić information content (AvgIpc) is 1.98. The number of rotatable bonds is 3. The van der Waals surface area contributed by atoms with Crippen LogP contribution in [0.15, 0.2) is 0 Å². The Labute approximate surface area is 75.1 Å². The van der Waals surface area contributed by atoms with E-state index in [2.05, 4.69) is 20.9 Å². The van der Waals surface area contributed by atoms with E-state index in [4.69, 9.17) is 0 Å². The molecule has 72 valence electrons. The van der Waals surface area contributed by atoms with E-state index in [1.807, 2.05) is 18.7 Å². The van der Waals surface area contributed by atoms with Crippen molar-refractivity contribution in [1.29, 1.82) is 0 Å². The molecule has 0 saturated carbocycles. The van der Waals surface area contributed by atoms with Crippen LogP contribution in [0.4, 0.5) is 4.79 Å². The van der Waals surface area contributed by atoms with E-state index in [9.17, 15) is 4.79 Å². The topological polar surface area (TPSA) is 36.9 Å². The molecule has 0 aromatic carbocycles. The summed E-state index contributed by atoms with van der Waals surface area (Å²) in [5, 5.41) is 1.38. The molecule has 0 spiro atoms. The van der Waals surface area contributed by atoms with Crippen LogP contribution in [0.3, 0.4) is 0 Å². The summed E-state index contributed by atoms with van der Waals surface area (Å²) < 4.78 is 0. The van der Waals surface area contributed by atoms with Gasteiger partial charge in [0.15, 0.2) is 0 Å². The molecule has 2 N–H and O–H groups in total. The zero-order valence-corrected chi connectivity index (χ0v) is 8.50. The summed E-state index contributed by atoms with van der Waals surface area (Å²) in [7, 11) is 3.48. The van der Waals surface area contributed by atoms with E-state index >= 15 is 0 Å². The molecule has 0 aliphatic rings. The molecule has 0 atom stereocenters. The molecule has 0 radical (unpaired) electrons. The Morgan fingerprint density at radius 2 is 1.92 bits per heavy atom. The second-order valence-corrected chi connectivity index (χ2v) is 3.68. The summed E-state index contributed by atoms with van der Waals surface area (Å²) >= 11 is 0. The molecule has 0 aliphatic heterocycles. The van der Waals surface area contributed by atoms with E-state index in [-0.39, 0.29) is 12.1 Å². The second-order valence-electron chi connectivity index (χ2n) is 3.68. The highest BCUT2D eigenvalue weighted by molar-refractivity contribution is 5.63. The lowest BCUT2D eigenvalue weighted by Gasteiger charge is -2.26. The molecule has 0 saturated heterocycles. The van der Waals surface area contributed by atoms with Crippen molar-refractivity contribution in [2.24, 2.45) is 5.92 Å². The van der Waals surface area contributed by atoms with Crippen molar-refractivity contribution in [3.63, 3.8) is 0 Å². The summed E-state index contributed by atoms with van der Waals surface area (Å²) in [6, 6.07) is 0.289. The molecule has 3 nitrogen and oxygen atoms in total. The van der Waals surface area contributed by atoms with Crippen LogP contribution >= 0.6 is 0 Å². The van der Waals surface area contributed by atoms with Crippen molar-refractivity contribution in [3.05, 3.63) is 7.05 Å². The lowest BCUT2D eigenvalue weighted by molar-refractivity contribution is -0.498. The van der Waals surface area contributed by atoms with Crippen LogP contribution < -0.4 is 5.32 Å². The summed E-state index contributed by atoms with van der Waals surface area (Å²) in [5.41, 5.74) is 0. The first-order valence-corrected chi connectivity index (χ1v) is 4.42. The molecule has 3 heteroatoms. The molecule has 0 unspecified atom stereocenters. The summed E-state index contributed by atoms with van der Waals surface area (Å²) in [5.74, 6) is 0.510. The third-order valence-electron chi connectivity index (χ3n) is 1.64. The van der Waals surface area contributed by atoms with Crippen molar-refractivity contribution in [3.8, 4) is 0 Å². The molecule has 0 aliphatic carbocycles. The maximum atomic E-state index is 11.3. The van der Waals surface area contributed by atoms with Gasteiger partial charge < -0.3 is 5.32 Å². The van der Waals surface area contributed by atoms with Gasteiger partial charge in [-0.25, -0.2) is 4.79 Å². The van der Waals surface area contributed by atoms with Gasteiger partial charge in [0.2, 0.25) is 0 Å². The Hall–Kier alpha value is -0.570. The number of nitrogens with zero attached hydrogens (tertiary/aromatic N) is 1. The van der Waals surface area contributed by atoms with Gasteiger partial charge in [0, 0.05) is 12.6 Å². The quantitative estimate of drug-likeness (QED) is 0.629. The van der Waals surface area contributed by atoms with Crippen molar-refractivity contribution < 1.29 is 10.1 Å². The summed E-state index contributed by atoms with van der Waals surface area (Å²) in [6.07, 6.45) is 0. The fourth-order valence-corrected chi connectivity index (χ4v) is 1.07. The minimum Gasteiger partial charge on any atom is -0.395 e. The highest BCUT2D eigenvalue weighted by Gasteiger charge is 2.17. The SMILES string of the molecule is [CH2-][NH2+]C(=O)N(CC(C)C)C(C)C. The van der Waals surface area contributed by atoms with Crippen LogP contribution in [-0.2, 0) is 0 Å². The number of carbonyl (C=O) groups excluding carboxylic acids is 1. The first kappa shape index (κ1) is 11.4. The average molecular weight is 172 g/mol. The Morgan fingerprint density at radius 3 is 2.17 bits per heavy atom. The third-order valence-corrected chi connectivity index (χ3v) is 1.64. The van der Waals surface area contributed by atoms with E-state index < -0.39 is 0 Å². The zero-order valence-electron chi connectivity index (χ0n) is 8.50. The van der Waals surface area contributed by atoms with Crippen LogP contribution in [0.1, 0.15) is 27.7 Å². The van der Waals surface area contributed by atoms with Crippen molar-refractivity contribution in [2.75, 3.05) is 6.54 Å². The molecule has 0 rings (SSSR count). The number of urea groups is 1. The van der Waals surface area contributed by atoms with E-state index in [0.717, 1.165) is 6.54 Å². The van der Waals surface area contributed by atoms with Gasteiger partial charge in [0.25, 0.3) is 0 Å². The van der Waals surface area contributed by atoms with Gasteiger partial charge in [-0.1, -0.05) is 13.8 Å². The van der Waals surface area contributed by atoms with Crippen LogP contribution in [-0.4, -0.2) is 23.5 Å². The van der Waals surface area contributed by atoms with Crippen LogP contribution in [0.2, 0.25) is 0 Å². The molecule has 2 amide bonds. The Balaban J connectivity index is 4.13. The molecule has 0 bridgehead atoms. The number of primary amides is 1. The maximum absolute atomic E-state index is 11.3. The molecule has 0 fully saturated rings. The van der Waals surface area contributed by atoms with Gasteiger partial charge in [0.1, 0.15) is 0 Å². The lowest BCUT2D eigenvalue weighted by atomic mass is 10.2. The lowest BCUT2D eigenvalue weighted by Crippen LogP contribution is -2.85. The minimum absolute atomic E-state index is 0.0266. The van der Waals surface area contributed by atoms with Gasteiger partial charge >= 0.3 is 6.03 Å². The number of quaternary nitrogens is 1. The normalized spacial score (nSPS) is 10.9. The molecule has 0 heterocycles. The fraction of sp³-hybridized carbons (Fsp3) is 0.778. The Bertz CT molecular complexity index is 143. The van der Waals surface area contributed by atoms with Crippen LogP contribution in [0.5, 0.6) is 0 Å². The largest absolute Gasteiger partial charge is 0.395 e. The van der Waals surface area contributed by atoms with Gasteiger partial charge in [-0.05, 0) is 19.8 Å². The number of amides is 2. The molecular weight excluding hydrogens is 152 g/mol. The van der Waals surface area contributed by atoms with Crippen LogP contribution in [0.25, 0.3) is 0 Å². The van der Waals surface area contributed by atoms with Crippen molar-refractivity contribution in [2.45, 2.75) is 33.7 Å². The highest BCUT2D eigenvalue weighted by Crippen LogP contribution is 2.02. The molecular formula is C9H20N2O. The Kier molecular flexibility index (Phi) is 4.90. The van der Waals surface area contributed by atoms with Crippen molar-refractivity contribution in [1.82, 2.24) is 4.90 Å². The van der Waals surface area contributed by atoms with Crippen LogP contribution in [0, 0.1) is 13.0 Å². The number of carbonyl (C=O) groups is 1. The van der Waals surface area contributed by atoms with Gasteiger partial charge in [-0.2, -0.15) is 0 Å². The minimum atomic E-state index is 0.0266. The van der Waals surface area contributed by atoms with E-state index in [1.165, 1.54) is 5.32 Å². The van der Waals surface area contributed by atoms with Gasteiger partial charge in [-0.3, -0.25) is 4.90 Å². The monoisotopic (exact) mass is 172 g/mol. The number of nitrogens with two attached hydrogens (primary N) is 1. The Morgan fingerprint density at radius 1 is 1.42 bits per heavy atom. The third kappa shape index (κ3) is 3.72. The van der Waals surface area contributed by atoms with E-state index in [1.54, 1.807) is 0 Å². The summed E-state index contributed by atoms with van der Waals surface area (Å²) in [6.45, 7) is 9.05. The molecule has 12 heavy (non-hydrogen) atoms. The number of hydrogen-bond donors (Lipinski definition) is 1. The smallest absolute Gasteiger partial charge is 0.389 e. The first-order valence-electron chi connectivity index (χ1n) is 4.42. The summed E-state index contributed by atoms with van der Waals surface area (Å²) in [4.78, 5) is 13.1. The van der Waals surface area contributed by atoms with E-state index in [0.29, 0.717) is 5.92 Å². The van der Waals surface area contributed by atoms with Gasteiger partial charge in [0.05, 0.1) is 0 Å². The maximum Gasteiger partial charge on any atom is 0.389 e. The van der Waals surface area contributed by atoms with Gasteiger partial charge in [-0.15, -0.1) is 7.05 Å². The molecule has 0 aromatic rings. The highest BCUT2D eigenvalue weighted by atomic mass is 16.2. The van der Waals surface area contributed by atoms with Crippen molar-refractivity contribution >= 4 is 6.03 Å². The standard InChI is InChI=1S/C9H20N2O/c1-7(2)6-11(8(3)4)9(12)10-5/h7-8H,5-6,10H2,1-4H3. The molecule has 0 aromatic heterocycles. The second kappa shape index (κ2) is 5.14. The predicted octanol–water partition coefficient (Wildman–Crippen LogP) is 0.828. The first-order chi connectivity index (χ1) is 5.49. The fourth-order valence-electron chi connectivity index (χ4n) is 1.07. The number of hydrogen-bond acceptors (Lipinski definition) is 1. The predicted molar refractivity (Wildman–Crippen MR) is 49.4 cm³/mol. The zero-order chi connectivity index (χ0) is 9.72.